The van der Waals surface area contributed by atoms with Crippen molar-refractivity contribution < 1.29 is 9.18 Å². The van der Waals surface area contributed by atoms with Gasteiger partial charge in [-0.15, -0.1) is 12.6 Å². The van der Waals surface area contributed by atoms with Gasteiger partial charge in [0.25, 0.3) is 0 Å². The number of hydrogen-bond acceptors (Lipinski definition) is 2. The second-order valence-electron chi connectivity index (χ2n) is 4.03. The van der Waals surface area contributed by atoms with Crippen LogP contribution in [0.15, 0.2) is 30.3 Å². The molecule has 0 aromatic heterocycles. The van der Waals surface area contributed by atoms with Gasteiger partial charge in [0.2, 0.25) is 5.12 Å². The lowest BCUT2D eigenvalue weighted by Crippen LogP contribution is -2.30. The van der Waals surface area contributed by atoms with Crippen LogP contribution in [-0.2, 0) is 4.79 Å². The predicted octanol–water partition coefficient (Wildman–Crippen LogP) is 2.23. The molecule has 1 fully saturated rings. The van der Waals surface area contributed by atoms with Crippen molar-refractivity contribution >= 4 is 17.7 Å². The number of rotatable bonds is 3. The van der Waals surface area contributed by atoms with Gasteiger partial charge in [-0.3, -0.25) is 9.69 Å². The Morgan fingerprint density at radius 1 is 1.44 bits per heavy atom. The Bertz CT molecular complexity index is 371. The molecule has 1 heterocycles. The molecule has 2 nitrogen and oxygen atoms in total. The second-order valence-corrected chi connectivity index (χ2v) is 4.47. The third kappa shape index (κ3) is 2.44. The fraction of sp³-hybridized carbons (Fsp3) is 0.417. The van der Waals surface area contributed by atoms with Crippen molar-refractivity contribution in [2.24, 2.45) is 0 Å². The average Bonchev–Trinajstić information content (AvgIpc) is 2.66. The smallest absolute Gasteiger partial charge is 0.207 e. The zero-order chi connectivity index (χ0) is 11.5. The van der Waals surface area contributed by atoms with Crippen LogP contribution in [0, 0.1) is 0 Å². The van der Waals surface area contributed by atoms with E-state index < -0.39 is 12.2 Å². The van der Waals surface area contributed by atoms with Crippen LogP contribution >= 0.6 is 12.6 Å². The third-order valence-corrected chi connectivity index (χ3v) is 3.12. The normalized spacial score (nSPS) is 23.2. The van der Waals surface area contributed by atoms with E-state index in [9.17, 15) is 9.18 Å². The minimum absolute atomic E-state index is 0.222. The minimum Gasteiger partial charge on any atom is -0.286 e. The monoisotopic (exact) mass is 239 g/mol. The molecule has 1 aromatic rings. The highest BCUT2D eigenvalue weighted by Crippen LogP contribution is 2.27. The van der Waals surface area contributed by atoms with Gasteiger partial charge in [0.1, 0.15) is 12.2 Å². The van der Waals surface area contributed by atoms with Crippen molar-refractivity contribution in [1.29, 1.82) is 0 Å². The molecule has 86 valence electrons. The molecule has 0 saturated carbocycles. The van der Waals surface area contributed by atoms with Gasteiger partial charge >= 0.3 is 0 Å². The van der Waals surface area contributed by atoms with Gasteiger partial charge in [0.05, 0.1) is 0 Å². The van der Waals surface area contributed by atoms with E-state index in [-0.39, 0.29) is 5.12 Å². The van der Waals surface area contributed by atoms with Crippen LogP contribution in [0.4, 0.5) is 4.39 Å². The molecule has 4 heteroatoms. The molecule has 0 spiro atoms. The molecular formula is C12H14FNOS. The van der Waals surface area contributed by atoms with E-state index >= 15 is 0 Å². The number of carbonyl (C=O) groups excluding carboxylic acids is 1. The summed E-state index contributed by atoms with van der Waals surface area (Å²) in [6.07, 6.45) is -0.316. The summed E-state index contributed by atoms with van der Waals surface area (Å²) in [6.45, 7) is 0.943. The van der Waals surface area contributed by atoms with Crippen molar-refractivity contribution in [1.82, 2.24) is 4.90 Å². The minimum atomic E-state index is -0.820. The molecule has 2 atom stereocenters. The highest BCUT2D eigenvalue weighted by atomic mass is 32.1. The Hall–Kier alpha value is -0.870. The van der Waals surface area contributed by atoms with Crippen molar-refractivity contribution in [2.75, 3.05) is 13.1 Å². The van der Waals surface area contributed by atoms with E-state index in [0.717, 1.165) is 5.56 Å². The highest BCUT2D eigenvalue weighted by Gasteiger charge is 2.31. The van der Waals surface area contributed by atoms with Crippen molar-refractivity contribution in [3.05, 3.63) is 35.9 Å². The number of likely N-dealkylation sites (tertiary alicyclic amines) is 1. The molecule has 0 N–H and O–H groups in total. The summed E-state index contributed by atoms with van der Waals surface area (Å²) in [5, 5.41) is -0.222. The summed E-state index contributed by atoms with van der Waals surface area (Å²) in [4.78, 5) is 13.4. The number of nitrogens with zero attached hydrogens (tertiary/aromatic N) is 1. The Labute approximate surface area is 99.9 Å². The maximum atomic E-state index is 13.1. The molecule has 0 bridgehead atoms. The van der Waals surface area contributed by atoms with Gasteiger partial charge in [-0.2, -0.15) is 0 Å². The van der Waals surface area contributed by atoms with Crippen LogP contribution in [0.2, 0.25) is 0 Å². The molecule has 1 aliphatic heterocycles. The molecule has 1 aliphatic rings. The van der Waals surface area contributed by atoms with E-state index in [1.54, 1.807) is 0 Å². The van der Waals surface area contributed by atoms with E-state index in [1.165, 1.54) is 0 Å². The average molecular weight is 239 g/mol. The van der Waals surface area contributed by atoms with Gasteiger partial charge in [-0.1, -0.05) is 30.3 Å². The van der Waals surface area contributed by atoms with Crippen molar-refractivity contribution in [2.45, 2.75) is 18.6 Å². The fourth-order valence-electron chi connectivity index (χ4n) is 2.12. The molecule has 16 heavy (non-hydrogen) atoms. The van der Waals surface area contributed by atoms with Crippen molar-refractivity contribution in [3.8, 4) is 0 Å². The van der Waals surface area contributed by atoms with E-state index in [4.69, 9.17) is 0 Å². The van der Waals surface area contributed by atoms with E-state index in [1.807, 2.05) is 35.2 Å². The SMILES string of the molecule is O=C(S)[C@H](c1ccccc1)N1CC[C@H](F)C1. The quantitative estimate of drug-likeness (QED) is 0.816. The largest absolute Gasteiger partial charge is 0.286 e. The molecule has 1 aromatic carbocycles. The predicted molar refractivity (Wildman–Crippen MR) is 64.3 cm³/mol. The Morgan fingerprint density at radius 3 is 2.62 bits per heavy atom. The molecule has 2 rings (SSSR count). The second kappa shape index (κ2) is 4.97. The number of carbonyl (C=O) groups is 1. The van der Waals surface area contributed by atoms with Crippen LogP contribution in [0.5, 0.6) is 0 Å². The number of benzene rings is 1. The van der Waals surface area contributed by atoms with Crippen LogP contribution in [0.3, 0.4) is 0 Å². The fourth-order valence-corrected chi connectivity index (χ4v) is 2.43. The molecule has 0 unspecified atom stereocenters. The van der Waals surface area contributed by atoms with Crippen LogP contribution in [0.1, 0.15) is 18.0 Å². The lowest BCUT2D eigenvalue weighted by Gasteiger charge is -2.24. The molecule has 1 saturated heterocycles. The summed E-state index contributed by atoms with van der Waals surface area (Å²) in [5.41, 5.74) is 0.886. The summed E-state index contributed by atoms with van der Waals surface area (Å²) >= 11 is 3.91. The topological polar surface area (TPSA) is 20.3 Å². The van der Waals surface area contributed by atoms with E-state index in [2.05, 4.69) is 12.6 Å². The summed E-state index contributed by atoms with van der Waals surface area (Å²) in [7, 11) is 0. The molecule has 0 radical (unpaired) electrons. The summed E-state index contributed by atoms with van der Waals surface area (Å²) < 4.78 is 13.1. The molecule has 0 amide bonds. The lowest BCUT2D eigenvalue weighted by atomic mass is 10.1. The lowest BCUT2D eigenvalue weighted by molar-refractivity contribution is -0.115. The first kappa shape index (κ1) is 11.6. The van der Waals surface area contributed by atoms with Crippen LogP contribution < -0.4 is 0 Å². The van der Waals surface area contributed by atoms with Crippen molar-refractivity contribution in [3.63, 3.8) is 0 Å². The van der Waals surface area contributed by atoms with Gasteiger partial charge in [0.15, 0.2) is 0 Å². The third-order valence-electron chi connectivity index (χ3n) is 2.88. The Kier molecular flexibility index (Phi) is 3.61. The molecular weight excluding hydrogens is 225 g/mol. The van der Waals surface area contributed by atoms with Gasteiger partial charge in [-0.05, 0) is 12.0 Å². The molecule has 0 aliphatic carbocycles. The number of alkyl halides is 1. The van der Waals surface area contributed by atoms with Crippen LogP contribution in [-0.4, -0.2) is 29.3 Å². The zero-order valence-corrected chi connectivity index (χ0v) is 9.74. The standard InChI is InChI=1S/C12H14FNOS/c13-10-6-7-14(8-10)11(12(15)16)9-4-2-1-3-5-9/h1-5,10-11H,6-8H2,(H,15,16)/t10-,11-/m0/s1. The van der Waals surface area contributed by atoms with Crippen LogP contribution in [0.25, 0.3) is 0 Å². The van der Waals surface area contributed by atoms with E-state index in [0.29, 0.717) is 19.5 Å². The first-order valence-corrected chi connectivity index (χ1v) is 5.79. The summed E-state index contributed by atoms with van der Waals surface area (Å²) in [5.74, 6) is 0. The number of halogens is 1. The number of thiol groups is 1. The first-order chi connectivity index (χ1) is 7.68. The maximum Gasteiger partial charge on any atom is 0.207 e. The number of hydrogen-bond donors (Lipinski definition) is 1. The van der Waals surface area contributed by atoms with Gasteiger partial charge in [0, 0.05) is 13.1 Å². The summed E-state index contributed by atoms with van der Waals surface area (Å²) in [6, 6.07) is 9.00. The Balaban J connectivity index is 2.21. The van der Waals surface area contributed by atoms with Gasteiger partial charge in [-0.25, -0.2) is 4.39 Å². The first-order valence-electron chi connectivity index (χ1n) is 5.34. The maximum absolute atomic E-state index is 13.1. The van der Waals surface area contributed by atoms with Gasteiger partial charge < -0.3 is 0 Å². The highest BCUT2D eigenvalue weighted by molar-refractivity contribution is 7.96. The zero-order valence-electron chi connectivity index (χ0n) is 8.84. The Morgan fingerprint density at radius 2 is 2.12 bits per heavy atom.